The summed E-state index contributed by atoms with van der Waals surface area (Å²) in [4.78, 5) is 14.0. The first-order valence-corrected chi connectivity index (χ1v) is 6.81. The van der Waals surface area contributed by atoms with Gasteiger partial charge in [-0.25, -0.2) is 0 Å². The molecule has 0 aliphatic heterocycles. The zero-order chi connectivity index (χ0) is 12.0. The summed E-state index contributed by atoms with van der Waals surface area (Å²) in [6.45, 7) is 0.238. The fraction of sp³-hybridized carbons (Fsp3) is 0.857. The van der Waals surface area contributed by atoms with E-state index < -0.39 is 0 Å². The van der Waals surface area contributed by atoms with E-state index in [0.717, 1.165) is 11.8 Å². The lowest BCUT2D eigenvalue weighted by atomic mass is 9.51. The van der Waals surface area contributed by atoms with Crippen molar-refractivity contribution in [3.05, 3.63) is 0 Å². The minimum atomic E-state index is 0.236. The van der Waals surface area contributed by atoms with E-state index in [1.807, 2.05) is 0 Å². The monoisotopic (exact) mass is 232 g/mol. The number of hydrogen-bond donors (Lipinski definition) is 0. The van der Waals surface area contributed by atoms with Gasteiger partial charge in [-0.15, -0.1) is 0 Å². The van der Waals surface area contributed by atoms with Crippen LogP contribution in [0, 0.1) is 40.9 Å². The Morgan fingerprint density at radius 3 is 2.18 bits per heavy atom. The average Bonchev–Trinajstić information content (AvgIpc) is 2.27. The Balaban J connectivity index is 1.76. The third-order valence-corrected chi connectivity index (χ3v) is 5.20. The molecule has 4 rings (SSSR count). The zero-order valence-corrected chi connectivity index (χ0v) is 10.4. The fourth-order valence-electron chi connectivity index (χ4n) is 4.77. The van der Waals surface area contributed by atoms with Crippen LogP contribution in [-0.4, -0.2) is 24.4 Å². The molecule has 4 fully saturated rings. The Kier molecular flexibility index (Phi) is 2.61. The number of nitrogens with zero attached hydrogens (tertiary/aromatic N) is 2. The second-order valence-electron chi connectivity index (χ2n) is 6.31. The normalized spacial score (nSPS) is 42.2. The van der Waals surface area contributed by atoms with Crippen LogP contribution in [0.15, 0.2) is 0 Å². The van der Waals surface area contributed by atoms with Crippen molar-refractivity contribution < 1.29 is 4.79 Å². The van der Waals surface area contributed by atoms with Crippen LogP contribution in [0.4, 0.5) is 0 Å². The van der Waals surface area contributed by atoms with E-state index in [-0.39, 0.29) is 18.4 Å². The van der Waals surface area contributed by atoms with Crippen LogP contribution in [0.1, 0.15) is 32.1 Å². The number of amides is 1. The molecule has 0 unspecified atom stereocenters. The van der Waals surface area contributed by atoms with Gasteiger partial charge in [0, 0.05) is 13.0 Å². The van der Waals surface area contributed by atoms with Crippen molar-refractivity contribution >= 4 is 5.91 Å². The first kappa shape index (κ1) is 11.1. The third-order valence-electron chi connectivity index (χ3n) is 5.20. The molecule has 0 radical (unpaired) electrons. The molecule has 0 spiro atoms. The van der Waals surface area contributed by atoms with Crippen LogP contribution in [0.3, 0.4) is 0 Å². The Morgan fingerprint density at radius 1 is 1.18 bits per heavy atom. The Hall–Kier alpha value is -1.04. The molecule has 4 bridgehead atoms. The summed E-state index contributed by atoms with van der Waals surface area (Å²) < 4.78 is 0. The highest BCUT2D eigenvalue weighted by atomic mass is 16.2. The third kappa shape index (κ3) is 1.74. The number of hydrogen-bond acceptors (Lipinski definition) is 2. The maximum absolute atomic E-state index is 12.4. The molecular formula is C14H20N2O. The van der Waals surface area contributed by atoms with E-state index in [4.69, 9.17) is 5.26 Å². The molecular weight excluding hydrogens is 212 g/mol. The quantitative estimate of drug-likeness (QED) is 0.684. The molecule has 0 aromatic rings. The van der Waals surface area contributed by atoms with Crippen molar-refractivity contribution in [2.75, 3.05) is 13.6 Å². The highest BCUT2D eigenvalue weighted by Gasteiger charge is 2.51. The lowest BCUT2D eigenvalue weighted by Crippen LogP contribution is -2.51. The van der Waals surface area contributed by atoms with E-state index >= 15 is 0 Å². The van der Waals surface area contributed by atoms with E-state index in [1.54, 1.807) is 11.9 Å². The molecule has 0 atom stereocenters. The molecule has 0 N–H and O–H groups in total. The Bertz CT molecular complexity index is 343. The van der Waals surface area contributed by atoms with Gasteiger partial charge in [0.15, 0.2) is 0 Å². The summed E-state index contributed by atoms with van der Waals surface area (Å²) in [6.07, 6.45) is 6.49. The molecule has 0 aromatic heterocycles. The number of carbonyl (C=O) groups excluding carboxylic acids is 1. The van der Waals surface area contributed by atoms with Gasteiger partial charge in [0.1, 0.15) is 6.54 Å². The first-order valence-electron chi connectivity index (χ1n) is 6.81. The molecule has 3 nitrogen and oxygen atoms in total. The molecule has 0 saturated heterocycles. The van der Waals surface area contributed by atoms with Gasteiger partial charge in [0.2, 0.25) is 5.91 Å². The number of carbonyl (C=O) groups is 1. The second kappa shape index (κ2) is 4.01. The molecule has 4 aliphatic rings. The SMILES string of the molecule is CN(CC#N)C(=O)C1C2CC3CC(C2)CC1C3. The Morgan fingerprint density at radius 2 is 1.71 bits per heavy atom. The summed E-state index contributed by atoms with van der Waals surface area (Å²) in [5.41, 5.74) is 0. The van der Waals surface area contributed by atoms with Crippen LogP contribution in [0.25, 0.3) is 0 Å². The second-order valence-corrected chi connectivity index (χ2v) is 6.31. The minimum absolute atomic E-state index is 0.236. The smallest absolute Gasteiger partial charge is 0.226 e. The highest BCUT2D eigenvalue weighted by Crippen LogP contribution is 2.56. The van der Waals surface area contributed by atoms with Gasteiger partial charge in [-0.3, -0.25) is 4.79 Å². The van der Waals surface area contributed by atoms with Crippen molar-refractivity contribution in [2.24, 2.45) is 29.6 Å². The van der Waals surface area contributed by atoms with E-state index in [1.165, 1.54) is 32.1 Å². The number of rotatable bonds is 2. The zero-order valence-electron chi connectivity index (χ0n) is 10.4. The molecule has 0 heterocycles. The van der Waals surface area contributed by atoms with Crippen LogP contribution in [0.2, 0.25) is 0 Å². The largest absolute Gasteiger partial charge is 0.332 e. The maximum atomic E-state index is 12.4. The van der Waals surface area contributed by atoms with Crippen LogP contribution < -0.4 is 0 Å². The molecule has 0 aromatic carbocycles. The summed E-state index contributed by atoms with van der Waals surface area (Å²) in [7, 11) is 1.77. The van der Waals surface area contributed by atoms with Crippen molar-refractivity contribution in [1.82, 2.24) is 4.90 Å². The predicted molar refractivity (Wildman–Crippen MR) is 63.8 cm³/mol. The summed E-state index contributed by atoms with van der Waals surface area (Å²) in [6, 6.07) is 2.08. The van der Waals surface area contributed by atoms with E-state index in [9.17, 15) is 4.79 Å². The standard InChI is InChI=1S/C14H20N2O/c1-16(3-2-15)14(17)13-11-5-9-4-10(7-11)8-12(13)6-9/h9-13H,3-8H2,1H3. The van der Waals surface area contributed by atoms with Crippen LogP contribution >= 0.6 is 0 Å². The lowest BCUT2D eigenvalue weighted by molar-refractivity contribution is -0.147. The summed E-state index contributed by atoms with van der Waals surface area (Å²) in [5, 5.41) is 8.69. The molecule has 92 valence electrons. The fourth-order valence-corrected chi connectivity index (χ4v) is 4.77. The van der Waals surface area contributed by atoms with Gasteiger partial charge >= 0.3 is 0 Å². The maximum Gasteiger partial charge on any atom is 0.226 e. The summed E-state index contributed by atoms with van der Waals surface area (Å²) in [5.74, 6) is 3.53. The van der Waals surface area contributed by atoms with Crippen LogP contribution in [0.5, 0.6) is 0 Å². The van der Waals surface area contributed by atoms with Gasteiger partial charge in [0.05, 0.1) is 6.07 Å². The number of nitriles is 1. The van der Waals surface area contributed by atoms with Gasteiger partial charge < -0.3 is 4.90 Å². The highest BCUT2D eigenvalue weighted by molar-refractivity contribution is 5.79. The Labute approximate surface area is 103 Å². The van der Waals surface area contributed by atoms with Gasteiger partial charge in [-0.2, -0.15) is 5.26 Å². The molecule has 1 amide bonds. The average molecular weight is 232 g/mol. The first-order chi connectivity index (χ1) is 8.19. The van der Waals surface area contributed by atoms with Gasteiger partial charge in [0.25, 0.3) is 0 Å². The molecule has 4 saturated carbocycles. The van der Waals surface area contributed by atoms with Crippen LogP contribution in [-0.2, 0) is 4.79 Å². The topological polar surface area (TPSA) is 44.1 Å². The van der Waals surface area contributed by atoms with Gasteiger partial charge in [-0.05, 0) is 55.8 Å². The van der Waals surface area contributed by atoms with Crippen molar-refractivity contribution in [3.8, 4) is 6.07 Å². The van der Waals surface area contributed by atoms with Gasteiger partial charge in [-0.1, -0.05) is 0 Å². The predicted octanol–water partition coefficient (Wildman–Crippen LogP) is 2.04. The van der Waals surface area contributed by atoms with E-state index in [0.29, 0.717) is 11.8 Å². The minimum Gasteiger partial charge on any atom is -0.332 e. The molecule has 17 heavy (non-hydrogen) atoms. The van der Waals surface area contributed by atoms with Crippen molar-refractivity contribution in [2.45, 2.75) is 32.1 Å². The lowest BCUT2D eigenvalue weighted by Gasteiger charge is -2.54. The van der Waals surface area contributed by atoms with Crippen molar-refractivity contribution in [3.63, 3.8) is 0 Å². The van der Waals surface area contributed by atoms with Crippen molar-refractivity contribution in [1.29, 1.82) is 5.26 Å². The molecule has 4 aliphatic carbocycles. The summed E-state index contributed by atoms with van der Waals surface area (Å²) >= 11 is 0. The van der Waals surface area contributed by atoms with E-state index in [2.05, 4.69) is 6.07 Å². The molecule has 3 heteroatoms.